The molecule has 0 aromatic heterocycles. The summed E-state index contributed by atoms with van der Waals surface area (Å²) >= 11 is 0. The Hall–Kier alpha value is -1.32. The summed E-state index contributed by atoms with van der Waals surface area (Å²) < 4.78 is 34.3. The van der Waals surface area contributed by atoms with Crippen LogP contribution in [-0.4, -0.2) is 11.2 Å². The SMILES string of the molecule is CCCCCCC(C)(C)c1cc(O)c2c(c1)OC(F)(F)C1CCCCC21. The second-order valence-corrected chi connectivity index (χ2v) is 8.76. The molecule has 0 spiro atoms. The molecule has 1 heterocycles. The van der Waals surface area contributed by atoms with Gasteiger partial charge in [-0.1, -0.05) is 59.3 Å². The van der Waals surface area contributed by atoms with Crippen LogP contribution >= 0.6 is 0 Å². The van der Waals surface area contributed by atoms with E-state index in [2.05, 4.69) is 20.8 Å². The number of ether oxygens (including phenoxy) is 1. The zero-order valence-electron chi connectivity index (χ0n) is 16.3. The molecule has 1 saturated carbocycles. The first-order valence-corrected chi connectivity index (χ1v) is 10.2. The van der Waals surface area contributed by atoms with Crippen molar-refractivity contribution in [2.75, 3.05) is 0 Å². The Labute approximate surface area is 155 Å². The van der Waals surface area contributed by atoms with Crippen molar-refractivity contribution in [2.45, 2.75) is 96.0 Å². The Kier molecular flexibility index (Phi) is 5.50. The van der Waals surface area contributed by atoms with E-state index in [0.29, 0.717) is 18.4 Å². The van der Waals surface area contributed by atoms with E-state index in [-0.39, 0.29) is 22.8 Å². The molecule has 1 fully saturated rings. The fraction of sp³-hybridized carbons (Fsp3) is 0.727. The van der Waals surface area contributed by atoms with Gasteiger partial charge in [0.05, 0.1) is 5.92 Å². The van der Waals surface area contributed by atoms with E-state index in [4.69, 9.17) is 4.74 Å². The van der Waals surface area contributed by atoms with Crippen molar-refractivity contribution in [3.63, 3.8) is 0 Å². The molecule has 3 rings (SSSR count). The molecule has 0 bridgehead atoms. The first-order valence-electron chi connectivity index (χ1n) is 10.2. The number of aromatic hydroxyl groups is 1. The maximum atomic E-state index is 14.6. The summed E-state index contributed by atoms with van der Waals surface area (Å²) in [6.45, 7) is 6.41. The second-order valence-electron chi connectivity index (χ2n) is 8.76. The van der Waals surface area contributed by atoms with Crippen molar-refractivity contribution in [2.24, 2.45) is 5.92 Å². The van der Waals surface area contributed by atoms with Crippen molar-refractivity contribution in [3.05, 3.63) is 23.3 Å². The van der Waals surface area contributed by atoms with Crippen LogP contribution in [-0.2, 0) is 5.41 Å². The van der Waals surface area contributed by atoms with Crippen LogP contribution < -0.4 is 4.74 Å². The number of hydrogen-bond donors (Lipinski definition) is 1. The maximum Gasteiger partial charge on any atom is 0.401 e. The molecule has 1 aromatic carbocycles. The van der Waals surface area contributed by atoms with Gasteiger partial charge in [0.25, 0.3) is 0 Å². The molecule has 26 heavy (non-hydrogen) atoms. The lowest BCUT2D eigenvalue weighted by molar-refractivity contribution is -0.236. The van der Waals surface area contributed by atoms with E-state index < -0.39 is 12.0 Å². The molecule has 1 aromatic rings. The number of phenolic OH excluding ortho intramolecular Hbond substituents is 1. The van der Waals surface area contributed by atoms with E-state index in [1.54, 1.807) is 12.1 Å². The molecule has 2 aliphatic rings. The highest BCUT2D eigenvalue weighted by Crippen LogP contribution is 2.56. The quantitative estimate of drug-likeness (QED) is 0.555. The van der Waals surface area contributed by atoms with Gasteiger partial charge in [-0.2, -0.15) is 8.78 Å². The highest BCUT2D eigenvalue weighted by Gasteiger charge is 2.53. The minimum atomic E-state index is -3.14. The standard InChI is InChI=1S/C22H32F2O2/c1-4-5-6-9-12-21(2,3)15-13-18(25)20-16-10-7-8-11-17(16)22(23,24)26-19(20)14-15/h13-14,16-17,25H,4-12H2,1-3H3. The van der Waals surface area contributed by atoms with Gasteiger partial charge in [0, 0.05) is 11.5 Å². The van der Waals surface area contributed by atoms with E-state index >= 15 is 0 Å². The number of halogens is 2. The average molecular weight is 366 g/mol. The van der Waals surface area contributed by atoms with Gasteiger partial charge in [-0.3, -0.25) is 0 Å². The summed E-state index contributed by atoms with van der Waals surface area (Å²) in [5, 5.41) is 10.7. The zero-order valence-corrected chi connectivity index (χ0v) is 16.3. The molecule has 0 radical (unpaired) electrons. The highest BCUT2D eigenvalue weighted by atomic mass is 19.3. The van der Waals surface area contributed by atoms with Crippen LogP contribution in [0.5, 0.6) is 11.5 Å². The number of unbranched alkanes of at least 4 members (excludes halogenated alkanes) is 3. The molecular formula is C22H32F2O2. The summed E-state index contributed by atoms with van der Waals surface area (Å²) in [5.41, 5.74) is 1.31. The van der Waals surface area contributed by atoms with Gasteiger partial charge in [0.1, 0.15) is 11.5 Å². The molecule has 1 N–H and O–H groups in total. The largest absolute Gasteiger partial charge is 0.508 e. The monoisotopic (exact) mass is 366 g/mol. The van der Waals surface area contributed by atoms with Crippen molar-refractivity contribution in [3.8, 4) is 11.5 Å². The van der Waals surface area contributed by atoms with E-state index in [9.17, 15) is 13.9 Å². The van der Waals surface area contributed by atoms with Crippen LogP contribution in [0.3, 0.4) is 0 Å². The fourth-order valence-corrected chi connectivity index (χ4v) is 4.70. The van der Waals surface area contributed by atoms with Gasteiger partial charge in [-0.15, -0.1) is 0 Å². The smallest absolute Gasteiger partial charge is 0.401 e. The van der Waals surface area contributed by atoms with E-state index in [1.807, 2.05) is 0 Å². The van der Waals surface area contributed by atoms with Crippen LogP contribution in [0.2, 0.25) is 0 Å². The minimum absolute atomic E-state index is 0.131. The first-order chi connectivity index (χ1) is 12.3. The van der Waals surface area contributed by atoms with Crippen LogP contribution in [0.4, 0.5) is 8.78 Å². The predicted octanol–water partition coefficient (Wildman–Crippen LogP) is 6.90. The third-order valence-corrected chi connectivity index (χ3v) is 6.37. The van der Waals surface area contributed by atoms with E-state index in [0.717, 1.165) is 31.2 Å². The molecule has 146 valence electrons. The summed E-state index contributed by atoms with van der Waals surface area (Å²) in [4.78, 5) is 0. The Morgan fingerprint density at radius 1 is 1.15 bits per heavy atom. The van der Waals surface area contributed by atoms with Crippen LogP contribution in [0.1, 0.15) is 95.6 Å². The number of alkyl halides is 2. The molecule has 2 atom stereocenters. The zero-order chi connectivity index (χ0) is 18.9. The molecule has 2 unspecified atom stereocenters. The average Bonchev–Trinajstić information content (AvgIpc) is 2.58. The predicted molar refractivity (Wildman–Crippen MR) is 100 cm³/mol. The number of phenols is 1. The molecular weight excluding hydrogens is 334 g/mol. The Bertz CT molecular complexity index is 639. The van der Waals surface area contributed by atoms with Crippen molar-refractivity contribution >= 4 is 0 Å². The first kappa shape index (κ1) is 19.4. The van der Waals surface area contributed by atoms with Gasteiger partial charge in [0.15, 0.2) is 0 Å². The summed E-state index contributed by atoms with van der Waals surface area (Å²) in [6, 6.07) is 3.55. The molecule has 1 aliphatic carbocycles. The topological polar surface area (TPSA) is 29.5 Å². The summed E-state index contributed by atoms with van der Waals surface area (Å²) in [6.07, 6.45) is 5.39. The fourth-order valence-electron chi connectivity index (χ4n) is 4.70. The summed E-state index contributed by atoms with van der Waals surface area (Å²) in [5.74, 6) is -0.798. The van der Waals surface area contributed by atoms with Gasteiger partial charge < -0.3 is 9.84 Å². The van der Waals surface area contributed by atoms with Crippen molar-refractivity contribution < 1.29 is 18.6 Å². The Balaban J connectivity index is 1.90. The van der Waals surface area contributed by atoms with Crippen LogP contribution in [0.15, 0.2) is 12.1 Å². The van der Waals surface area contributed by atoms with Gasteiger partial charge in [-0.05, 0) is 42.4 Å². The molecule has 4 heteroatoms. The minimum Gasteiger partial charge on any atom is -0.508 e. The van der Waals surface area contributed by atoms with Gasteiger partial charge in [-0.25, -0.2) is 0 Å². The van der Waals surface area contributed by atoms with E-state index in [1.165, 1.54) is 19.3 Å². The number of hydrogen-bond acceptors (Lipinski definition) is 2. The lowest BCUT2D eigenvalue weighted by Gasteiger charge is -2.42. The molecule has 1 aliphatic heterocycles. The third kappa shape index (κ3) is 3.70. The summed E-state index contributed by atoms with van der Waals surface area (Å²) in [7, 11) is 0. The second kappa shape index (κ2) is 7.36. The number of benzene rings is 1. The Morgan fingerprint density at radius 2 is 1.88 bits per heavy atom. The number of rotatable bonds is 6. The number of fused-ring (bicyclic) bond motifs is 3. The van der Waals surface area contributed by atoms with Crippen LogP contribution in [0.25, 0.3) is 0 Å². The molecule has 2 nitrogen and oxygen atoms in total. The third-order valence-electron chi connectivity index (χ3n) is 6.37. The highest BCUT2D eigenvalue weighted by molar-refractivity contribution is 5.53. The molecule has 0 saturated heterocycles. The van der Waals surface area contributed by atoms with Crippen LogP contribution in [0, 0.1) is 5.92 Å². The maximum absolute atomic E-state index is 14.6. The lowest BCUT2D eigenvalue weighted by atomic mass is 9.71. The Morgan fingerprint density at radius 3 is 2.62 bits per heavy atom. The lowest BCUT2D eigenvalue weighted by Crippen LogP contribution is -2.43. The van der Waals surface area contributed by atoms with Gasteiger partial charge >= 0.3 is 6.11 Å². The van der Waals surface area contributed by atoms with Crippen molar-refractivity contribution in [1.82, 2.24) is 0 Å². The normalized spacial score (nSPS) is 24.5. The van der Waals surface area contributed by atoms with Gasteiger partial charge in [0.2, 0.25) is 0 Å². The van der Waals surface area contributed by atoms with Crippen molar-refractivity contribution in [1.29, 1.82) is 0 Å². The molecule has 0 amide bonds.